The zero-order chi connectivity index (χ0) is 23.1. The number of nitriles is 1. The van der Waals surface area contributed by atoms with Crippen LogP contribution in [0.2, 0.25) is 0 Å². The Hall–Kier alpha value is -4.11. The van der Waals surface area contributed by atoms with Crippen LogP contribution in [0.5, 0.6) is 5.75 Å². The molecule has 1 N–H and O–H groups in total. The summed E-state index contributed by atoms with van der Waals surface area (Å²) in [6.07, 6.45) is 5.02. The van der Waals surface area contributed by atoms with Crippen molar-refractivity contribution in [2.75, 3.05) is 6.54 Å². The van der Waals surface area contributed by atoms with Crippen molar-refractivity contribution in [3.63, 3.8) is 0 Å². The van der Waals surface area contributed by atoms with Crippen molar-refractivity contribution < 1.29 is 9.53 Å². The van der Waals surface area contributed by atoms with E-state index >= 15 is 0 Å². The third-order valence-corrected chi connectivity index (χ3v) is 4.65. The van der Waals surface area contributed by atoms with Gasteiger partial charge in [-0.15, -0.1) is 6.58 Å². The van der Waals surface area contributed by atoms with Gasteiger partial charge in [0.2, 0.25) is 0 Å². The number of hydrogen-bond acceptors (Lipinski definition) is 4. The summed E-state index contributed by atoms with van der Waals surface area (Å²) in [5, 5.41) is 17.0. The molecule has 0 saturated carbocycles. The first kappa shape index (κ1) is 22.6. The summed E-state index contributed by atoms with van der Waals surface area (Å²) in [6.45, 7) is 9.82. The smallest absolute Gasteiger partial charge is 0.262 e. The quantitative estimate of drug-likeness (QED) is 0.317. The van der Waals surface area contributed by atoms with Crippen LogP contribution < -0.4 is 10.1 Å². The second kappa shape index (κ2) is 10.3. The maximum Gasteiger partial charge on any atom is 0.262 e. The molecule has 0 spiro atoms. The van der Waals surface area contributed by atoms with Gasteiger partial charge in [-0.2, -0.15) is 10.4 Å². The number of para-hydroxylation sites is 1. The molecular weight excluding hydrogens is 400 g/mol. The predicted molar refractivity (Wildman–Crippen MR) is 126 cm³/mol. The van der Waals surface area contributed by atoms with Crippen LogP contribution in [0.15, 0.2) is 73.0 Å². The molecule has 0 aliphatic rings. The standard InChI is InChI=1S/C26H26N4O2/c1-5-13-28-26(31)21(16-27)15-22-17-30(23-9-7-6-8-10-23)29-25(22)20-11-12-24(19(4)14-20)32-18(2)3/h5-12,14-15,17-18H,1,13H2,2-4H3,(H,28,31)/b21-15-. The fraction of sp³-hybridized carbons (Fsp3) is 0.192. The van der Waals surface area contributed by atoms with Gasteiger partial charge in [0, 0.05) is 23.9 Å². The number of ether oxygens (including phenoxy) is 1. The van der Waals surface area contributed by atoms with Crippen LogP contribution in [0.1, 0.15) is 25.0 Å². The van der Waals surface area contributed by atoms with E-state index in [4.69, 9.17) is 9.84 Å². The fourth-order valence-corrected chi connectivity index (χ4v) is 3.18. The van der Waals surface area contributed by atoms with Crippen molar-refractivity contribution in [2.24, 2.45) is 0 Å². The Kier molecular flexibility index (Phi) is 7.25. The van der Waals surface area contributed by atoms with E-state index < -0.39 is 5.91 Å². The van der Waals surface area contributed by atoms with Crippen LogP contribution >= 0.6 is 0 Å². The average molecular weight is 427 g/mol. The number of rotatable bonds is 8. The van der Waals surface area contributed by atoms with Gasteiger partial charge in [0.15, 0.2) is 0 Å². The minimum Gasteiger partial charge on any atom is -0.491 e. The highest BCUT2D eigenvalue weighted by molar-refractivity contribution is 6.02. The highest BCUT2D eigenvalue weighted by atomic mass is 16.5. The molecule has 0 bridgehead atoms. The topological polar surface area (TPSA) is 79.9 Å². The molecule has 1 amide bonds. The second-order valence-electron chi connectivity index (χ2n) is 7.53. The van der Waals surface area contributed by atoms with E-state index in [1.807, 2.05) is 81.6 Å². The number of carbonyl (C=O) groups excluding carboxylic acids is 1. The van der Waals surface area contributed by atoms with Gasteiger partial charge >= 0.3 is 0 Å². The van der Waals surface area contributed by atoms with Gasteiger partial charge in [-0.25, -0.2) is 4.68 Å². The lowest BCUT2D eigenvalue weighted by Crippen LogP contribution is -2.24. The molecule has 162 valence electrons. The molecule has 0 radical (unpaired) electrons. The molecular formula is C26H26N4O2. The molecule has 3 aromatic rings. The van der Waals surface area contributed by atoms with Crippen molar-refractivity contribution in [2.45, 2.75) is 26.9 Å². The lowest BCUT2D eigenvalue weighted by Gasteiger charge is -2.13. The Labute approximate surface area is 188 Å². The molecule has 1 aromatic heterocycles. The summed E-state index contributed by atoms with van der Waals surface area (Å²) in [5.74, 6) is 0.354. The van der Waals surface area contributed by atoms with Gasteiger partial charge in [0.05, 0.1) is 11.8 Å². The van der Waals surface area contributed by atoms with Gasteiger partial charge in [-0.3, -0.25) is 4.79 Å². The number of nitrogens with one attached hydrogen (secondary N) is 1. The summed E-state index contributed by atoms with van der Waals surface area (Å²) >= 11 is 0. The van der Waals surface area contributed by atoms with Gasteiger partial charge in [-0.05, 0) is 62.7 Å². The van der Waals surface area contributed by atoms with Crippen molar-refractivity contribution in [3.05, 3.63) is 84.1 Å². The van der Waals surface area contributed by atoms with Gasteiger partial charge < -0.3 is 10.1 Å². The average Bonchev–Trinajstić information content (AvgIpc) is 3.21. The van der Waals surface area contributed by atoms with E-state index in [0.717, 1.165) is 22.6 Å². The van der Waals surface area contributed by atoms with Gasteiger partial charge in [0.1, 0.15) is 23.1 Å². The maximum absolute atomic E-state index is 12.4. The highest BCUT2D eigenvalue weighted by Crippen LogP contribution is 2.30. The summed E-state index contributed by atoms with van der Waals surface area (Å²) in [7, 11) is 0. The monoisotopic (exact) mass is 426 g/mol. The summed E-state index contributed by atoms with van der Waals surface area (Å²) in [6, 6.07) is 17.5. The van der Waals surface area contributed by atoms with E-state index in [1.54, 1.807) is 16.8 Å². The van der Waals surface area contributed by atoms with Crippen LogP contribution in [-0.4, -0.2) is 28.3 Å². The zero-order valence-corrected chi connectivity index (χ0v) is 18.5. The molecule has 0 aliphatic carbocycles. The number of hydrogen-bond donors (Lipinski definition) is 1. The largest absolute Gasteiger partial charge is 0.491 e. The number of aromatic nitrogens is 2. The third-order valence-electron chi connectivity index (χ3n) is 4.65. The van der Waals surface area contributed by atoms with Crippen LogP contribution in [0.4, 0.5) is 0 Å². The van der Waals surface area contributed by atoms with Crippen molar-refractivity contribution >= 4 is 12.0 Å². The van der Waals surface area contributed by atoms with Gasteiger partial charge in [-0.1, -0.05) is 24.3 Å². The zero-order valence-electron chi connectivity index (χ0n) is 18.5. The molecule has 0 saturated heterocycles. The third kappa shape index (κ3) is 5.32. The lowest BCUT2D eigenvalue weighted by atomic mass is 10.0. The Balaban J connectivity index is 2.10. The number of carbonyl (C=O) groups is 1. The number of benzene rings is 2. The second-order valence-corrected chi connectivity index (χ2v) is 7.53. The van der Waals surface area contributed by atoms with Crippen LogP contribution in [0.25, 0.3) is 23.0 Å². The molecule has 0 unspecified atom stereocenters. The normalized spacial score (nSPS) is 11.2. The van der Waals surface area contributed by atoms with E-state index in [0.29, 0.717) is 11.3 Å². The molecule has 6 heteroatoms. The Morgan fingerprint density at radius 1 is 1.28 bits per heavy atom. The first-order valence-electron chi connectivity index (χ1n) is 10.4. The molecule has 0 aliphatic heterocycles. The SMILES string of the molecule is C=CCNC(=O)/C(C#N)=C\c1cn(-c2ccccc2)nc1-c1ccc(OC(C)C)c(C)c1. The first-order valence-corrected chi connectivity index (χ1v) is 10.4. The Bertz CT molecular complexity index is 1180. The van der Waals surface area contributed by atoms with E-state index in [9.17, 15) is 10.1 Å². The lowest BCUT2D eigenvalue weighted by molar-refractivity contribution is -0.116. The van der Waals surface area contributed by atoms with Crippen LogP contribution in [0, 0.1) is 18.3 Å². The van der Waals surface area contributed by atoms with Gasteiger partial charge in [0.25, 0.3) is 5.91 Å². The molecule has 2 aromatic carbocycles. The van der Waals surface area contributed by atoms with Crippen LogP contribution in [0.3, 0.4) is 0 Å². The Morgan fingerprint density at radius 2 is 2.03 bits per heavy atom. The molecule has 0 fully saturated rings. The van der Waals surface area contributed by atoms with Crippen molar-refractivity contribution in [3.8, 4) is 28.8 Å². The minimum absolute atomic E-state index is 0.00260. The number of aryl methyl sites for hydroxylation is 1. The van der Waals surface area contributed by atoms with E-state index in [2.05, 4.69) is 11.9 Å². The van der Waals surface area contributed by atoms with E-state index in [1.165, 1.54) is 0 Å². The summed E-state index contributed by atoms with van der Waals surface area (Å²) < 4.78 is 7.59. The summed E-state index contributed by atoms with van der Waals surface area (Å²) in [4.78, 5) is 12.4. The van der Waals surface area contributed by atoms with Crippen molar-refractivity contribution in [1.82, 2.24) is 15.1 Å². The first-order chi connectivity index (χ1) is 15.4. The van der Waals surface area contributed by atoms with Crippen molar-refractivity contribution in [1.29, 1.82) is 5.26 Å². The maximum atomic E-state index is 12.4. The number of nitrogens with zero attached hydrogens (tertiary/aromatic N) is 3. The van der Waals surface area contributed by atoms with Crippen LogP contribution in [-0.2, 0) is 4.79 Å². The van der Waals surface area contributed by atoms with E-state index in [-0.39, 0.29) is 18.2 Å². The molecule has 1 heterocycles. The highest BCUT2D eigenvalue weighted by Gasteiger charge is 2.16. The molecule has 32 heavy (non-hydrogen) atoms. The predicted octanol–water partition coefficient (Wildman–Crippen LogP) is 4.84. The molecule has 0 atom stereocenters. The molecule has 6 nitrogen and oxygen atoms in total. The summed E-state index contributed by atoms with van der Waals surface area (Å²) in [5.41, 5.74) is 4.04. The Morgan fingerprint density at radius 3 is 2.66 bits per heavy atom. The minimum atomic E-state index is -0.456. The fourth-order valence-electron chi connectivity index (χ4n) is 3.18. The number of amides is 1. The molecule has 3 rings (SSSR count).